The van der Waals surface area contributed by atoms with E-state index in [0.717, 1.165) is 6.07 Å². The molecule has 5 nitrogen and oxygen atoms in total. The fourth-order valence-electron chi connectivity index (χ4n) is 2.42. The molecule has 0 bridgehead atoms. The number of rotatable bonds is 7. The van der Waals surface area contributed by atoms with Crippen LogP contribution in [0.4, 0.5) is 28.9 Å². The first-order chi connectivity index (χ1) is 13.2. The largest absolute Gasteiger partial charge is 0.418 e. The van der Waals surface area contributed by atoms with E-state index in [0.29, 0.717) is 0 Å². The van der Waals surface area contributed by atoms with E-state index in [2.05, 4.69) is 10.6 Å². The van der Waals surface area contributed by atoms with Crippen LogP contribution in [-0.2, 0) is 15.8 Å². The minimum Gasteiger partial charge on any atom is -0.324 e. The van der Waals surface area contributed by atoms with Gasteiger partial charge in [-0.15, -0.1) is 0 Å². The molecule has 0 aliphatic rings. The van der Waals surface area contributed by atoms with Gasteiger partial charge in [0.2, 0.25) is 11.8 Å². The fourth-order valence-corrected chi connectivity index (χ4v) is 2.42. The van der Waals surface area contributed by atoms with Crippen LogP contribution in [0.15, 0.2) is 48.5 Å². The number of carbonyl (C=O) groups is 2. The van der Waals surface area contributed by atoms with Crippen molar-refractivity contribution in [3.63, 3.8) is 0 Å². The number of nitrogens with one attached hydrogen (secondary N) is 2. The average molecular weight is 397 g/mol. The molecule has 0 aromatic heterocycles. The molecule has 2 aromatic carbocycles. The third kappa shape index (κ3) is 6.34. The zero-order valence-electron chi connectivity index (χ0n) is 15.0. The van der Waals surface area contributed by atoms with Crippen molar-refractivity contribution in [3.8, 4) is 0 Å². The Morgan fingerprint density at radius 3 is 2.14 bits per heavy atom. The Morgan fingerprint density at radius 1 is 0.929 bits per heavy atom. The molecule has 2 amide bonds. The summed E-state index contributed by atoms with van der Waals surface area (Å²) in [6.45, 7) is -0.0478. The summed E-state index contributed by atoms with van der Waals surface area (Å²) in [5.41, 5.74) is -1.21. The second kappa shape index (κ2) is 9.32. The van der Waals surface area contributed by atoms with E-state index >= 15 is 0 Å². The van der Waals surface area contributed by atoms with Crippen LogP contribution in [0, 0.1) is 5.82 Å². The highest BCUT2D eigenvalue weighted by Gasteiger charge is 2.33. The van der Waals surface area contributed by atoms with Gasteiger partial charge in [-0.2, -0.15) is 13.2 Å². The minimum atomic E-state index is -4.58. The van der Waals surface area contributed by atoms with Gasteiger partial charge in [0.25, 0.3) is 0 Å². The van der Waals surface area contributed by atoms with Crippen molar-refractivity contribution in [2.45, 2.75) is 12.6 Å². The minimum absolute atomic E-state index is 0.0166. The van der Waals surface area contributed by atoms with Gasteiger partial charge in [-0.1, -0.05) is 24.3 Å². The number of benzene rings is 2. The molecule has 150 valence electrons. The Kier molecular flexibility index (Phi) is 7.11. The summed E-state index contributed by atoms with van der Waals surface area (Å²) in [5, 5.41) is 4.65. The molecule has 2 N–H and O–H groups in total. The van der Waals surface area contributed by atoms with Crippen molar-refractivity contribution in [2.75, 3.05) is 30.8 Å². The molecule has 0 spiro atoms. The summed E-state index contributed by atoms with van der Waals surface area (Å²) in [4.78, 5) is 25.4. The number of likely N-dealkylation sites (N-methyl/N-ethyl adjacent to an activating group) is 1. The third-order valence-electron chi connectivity index (χ3n) is 3.79. The van der Waals surface area contributed by atoms with Crippen molar-refractivity contribution in [2.24, 2.45) is 0 Å². The van der Waals surface area contributed by atoms with Gasteiger partial charge in [0.15, 0.2) is 0 Å². The lowest BCUT2D eigenvalue weighted by atomic mass is 10.1. The van der Waals surface area contributed by atoms with Crippen LogP contribution in [-0.4, -0.2) is 36.9 Å². The number of halogens is 4. The van der Waals surface area contributed by atoms with E-state index in [4.69, 9.17) is 0 Å². The highest BCUT2D eigenvalue weighted by Crippen LogP contribution is 2.34. The molecule has 0 fully saturated rings. The van der Waals surface area contributed by atoms with Crippen molar-refractivity contribution >= 4 is 23.2 Å². The van der Waals surface area contributed by atoms with Gasteiger partial charge in [0, 0.05) is 13.0 Å². The zero-order chi connectivity index (χ0) is 20.7. The van der Waals surface area contributed by atoms with Gasteiger partial charge in [0.05, 0.1) is 23.5 Å². The van der Waals surface area contributed by atoms with E-state index in [9.17, 15) is 27.2 Å². The molecule has 28 heavy (non-hydrogen) atoms. The summed E-state index contributed by atoms with van der Waals surface area (Å²) >= 11 is 0. The lowest BCUT2D eigenvalue weighted by Gasteiger charge is -2.18. The van der Waals surface area contributed by atoms with E-state index in [-0.39, 0.29) is 30.9 Å². The quantitative estimate of drug-likeness (QED) is 0.700. The van der Waals surface area contributed by atoms with E-state index in [1.165, 1.54) is 41.3 Å². The van der Waals surface area contributed by atoms with Crippen LogP contribution in [0.5, 0.6) is 0 Å². The second-order valence-electron chi connectivity index (χ2n) is 6.11. The molecule has 0 radical (unpaired) electrons. The summed E-state index contributed by atoms with van der Waals surface area (Å²) in [7, 11) is 1.55. The number of nitrogens with zero attached hydrogens (tertiary/aromatic N) is 1. The summed E-state index contributed by atoms with van der Waals surface area (Å²) in [5.74, 6) is -1.65. The van der Waals surface area contributed by atoms with Crippen LogP contribution in [0.2, 0.25) is 0 Å². The first-order valence-corrected chi connectivity index (χ1v) is 8.36. The molecule has 0 aliphatic carbocycles. The molecule has 0 atom stereocenters. The predicted octanol–water partition coefficient (Wildman–Crippen LogP) is 3.74. The van der Waals surface area contributed by atoms with Crippen LogP contribution in [0.3, 0.4) is 0 Å². The Labute approximate surface area is 159 Å². The Bertz CT molecular complexity index is 840. The predicted molar refractivity (Wildman–Crippen MR) is 97.2 cm³/mol. The highest BCUT2D eigenvalue weighted by atomic mass is 19.4. The van der Waals surface area contributed by atoms with Crippen molar-refractivity contribution in [1.82, 2.24) is 4.90 Å². The second-order valence-corrected chi connectivity index (χ2v) is 6.11. The van der Waals surface area contributed by atoms with Crippen LogP contribution in [0.1, 0.15) is 12.0 Å². The number of hydrogen-bond acceptors (Lipinski definition) is 3. The van der Waals surface area contributed by atoms with Crippen molar-refractivity contribution in [3.05, 3.63) is 59.9 Å². The Morgan fingerprint density at radius 2 is 1.50 bits per heavy atom. The third-order valence-corrected chi connectivity index (χ3v) is 3.79. The van der Waals surface area contributed by atoms with Crippen LogP contribution >= 0.6 is 0 Å². The molecule has 2 rings (SSSR count). The normalized spacial score (nSPS) is 11.4. The maximum atomic E-state index is 13.5. The average Bonchev–Trinajstić information content (AvgIpc) is 2.61. The maximum Gasteiger partial charge on any atom is 0.418 e. The van der Waals surface area contributed by atoms with Gasteiger partial charge in [0.1, 0.15) is 5.82 Å². The number of para-hydroxylation sites is 2. The number of hydrogen-bond donors (Lipinski definition) is 2. The van der Waals surface area contributed by atoms with Gasteiger partial charge in [-0.05, 0) is 31.3 Å². The van der Waals surface area contributed by atoms with Crippen LogP contribution in [0.25, 0.3) is 0 Å². The first kappa shape index (κ1) is 21.4. The zero-order valence-corrected chi connectivity index (χ0v) is 15.0. The molecule has 9 heteroatoms. The monoisotopic (exact) mass is 397 g/mol. The van der Waals surface area contributed by atoms with Crippen molar-refractivity contribution < 1.29 is 27.2 Å². The smallest absolute Gasteiger partial charge is 0.324 e. The van der Waals surface area contributed by atoms with Gasteiger partial charge < -0.3 is 10.6 Å². The Hall–Kier alpha value is -2.94. The lowest BCUT2D eigenvalue weighted by molar-refractivity contribution is -0.137. The number of carbonyl (C=O) groups excluding carboxylic acids is 2. The molecule has 2 aromatic rings. The van der Waals surface area contributed by atoms with Gasteiger partial charge in [-0.25, -0.2) is 4.39 Å². The molecule has 0 saturated heterocycles. The summed E-state index contributed by atoms with van der Waals surface area (Å²) in [6.07, 6.45) is -4.60. The Balaban J connectivity index is 1.83. The number of alkyl halides is 3. The standard InChI is InChI=1S/C19H19F4N3O2/c1-26(11-10-17(27)25-16-9-5-3-7-14(16)20)12-18(28)24-15-8-4-2-6-13(15)19(21,22)23/h2-9H,10-12H2,1H3,(H,24,28)(H,25,27). The van der Waals surface area contributed by atoms with Gasteiger partial charge in [-0.3, -0.25) is 14.5 Å². The van der Waals surface area contributed by atoms with E-state index in [1.54, 1.807) is 13.1 Å². The number of anilines is 2. The fraction of sp³-hybridized carbons (Fsp3) is 0.263. The van der Waals surface area contributed by atoms with Crippen molar-refractivity contribution in [1.29, 1.82) is 0 Å². The number of amides is 2. The molecule has 0 saturated carbocycles. The van der Waals surface area contributed by atoms with Gasteiger partial charge >= 0.3 is 6.18 Å². The van der Waals surface area contributed by atoms with Crippen LogP contribution < -0.4 is 10.6 Å². The van der Waals surface area contributed by atoms with E-state index < -0.39 is 29.4 Å². The molecule has 0 unspecified atom stereocenters. The maximum absolute atomic E-state index is 13.5. The molecular formula is C19H19F4N3O2. The molecular weight excluding hydrogens is 378 g/mol. The molecule has 0 aliphatic heterocycles. The first-order valence-electron chi connectivity index (χ1n) is 8.36. The lowest BCUT2D eigenvalue weighted by Crippen LogP contribution is -2.33. The highest BCUT2D eigenvalue weighted by molar-refractivity contribution is 5.93. The topological polar surface area (TPSA) is 61.4 Å². The SMILES string of the molecule is CN(CCC(=O)Nc1ccccc1F)CC(=O)Nc1ccccc1C(F)(F)F. The molecule has 0 heterocycles. The summed E-state index contributed by atoms with van der Waals surface area (Å²) in [6, 6.07) is 10.4. The van der Waals surface area contributed by atoms with E-state index in [1.807, 2.05) is 0 Å². The summed E-state index contributed by atoms with van der Waals surface area (Å²) < 4.78 is 52.3.